The number of ether oxygens (including phenoxy) is 1. The molecule has 0 N–H and O–H groups in total. The SMILES string of the molecule is CC(=O)OC1CCC2(C)C(CCC3(C)C2CCC2C4(C)CCC(C(C)C)C4CCC23C)C1(C)C. The molecular weight excluding hydrogens is 416 g/mol. The Bertz CT molecular complexity index is 829. The largest absolute Gasteiger partial charge is 0.462 e. The fourth-order valence-electron chi connectivity index (χ4n) is 12.4. The van der Waals surface area contributed by atoms with Crippen LogP contribution in [0.2, 0.25) is 0 Å². The molecule has 0 bridgehead atoms. The van der Waals surface area contributed by atoms with Gasteiger partial charge in [-0.15, -0.1) is 0 Å². The average Bonchev–Trinajstić information content (AvgIpc) is 3.08. The number of fused-ring (bicyclic) bond motifs is 7. The summed E-state index contributed by atoms with van der Waals surface area (Å²) >= 11 is 0. The van der Waals surface area contributed by atoms with E-state index in [1.54, 1.807) is 6.92 Å². The number of esters is 1. The van der Waals surface area contributed by atoms with Crippen LogP contribution in [0, 0.1) is 62.6 Å². The zero-order valence-corrected chi connectivity index (χ0v) is 23.9. The summed E-state index contributed by atoms with van der Waals surface area (Å²) in [6.45, 7) is 22.3. The molecule has 5 rings (SSSR count). The highest BCUT2D eigenvalue weighted by Crippen LogP contribution is 2.78. The van der Waals surface area contributed by atoms with Crippen molar-refractivity contribution in [3.63, 3.8) is 0 Å². The summed E-state index contributed by atoms with van der Waals surface area (Å²) in [5.41, 5.74) is 1.90. The van der Waals surface area contributed by atoms with Crippen LogP contribution in [-0.2, 0) is 9.53 Å². The molecule has 5 aliphatic rings. The van der Waals surface area contributed by atoms with Gasteiger partial charge in [0.15, 0.2) is 0 Å². The van der Waals surface area contributed by atoms with Gasteiger partial charge in [0, 0.05) is 12.3 Å². The lowest BCUT2D eigenvalue weighted by Crippen LogP contribution is -2.67. The Morgan fingerprint density at radius 2 is 1.26 bits per heavy atom. The summed E-state index contributed by atoms with van der Waals surface area (Å²) in [4.78, 5) is 11.9. The summed E-state index contributed by atoms with van der Waals surface area (Å²) < 4.78 is 5.92. The van der Waals surface area contributed by atoms with Crippen molar-refractivity contribution < 1.29 is 9.53 Å². The van der Waals surface area contributed by atoms with Gasteiger partial charge in [-0.05, 0) is 121 Å². The molecule has 5 saturated carbocycles. The van der Waals surface area contributed by atoms with Gasteiger partial charge in [0.2, 0.25) is 0 Å². The lowest BCUT2D eigenvalue weighted by atomic mass is 9.32. The fourth-order valence-corrected chi connectivity index (χ4v) is 12.4. The van der Waals surface area contributed by atoms with Gasteiger partial charge in [0.05, 0.1) is 0 Å². The smallest absolute Gasteiger partial charge is 0.302 e. The molecule has 0 amide bonds. The molecule has 0 radical (unpaired) electrons. The number of hydrogen-bond donors (Lipinski definition) is 0. The third kappa shape index (κ3) is 3.08. The van der Waals surface area contributed by atoms with Gasteiger partial charge < -0.3 is 4.74 Å². The summed E-state index contributed by atoms with van der Waals surface area (Å²) in [6.07, 6.45) is 13.8. The molecule has 5 fully saturated rings. The van der Waals surface area contributed by atoms with Crippen molar-refractivity contribution in [2.75, 3.05) is 0 Å². The van der Waals surface area contributed by atoms with E-state index in [2.05, 4.69) is 55.4 Å². The Hall–Kier alpha value is -0.530. The second-order valence-electron chi connectivity index (χ2n) is 15.7. The summed E-state index contributed by atoms with van der Waals surface area (Å²) in [6, 6.07) is 0. The van der Waals surface area contributed by atoms with Crippen LogP contribution in [0.5, 0.6) is 0 Å². The Labute approximate surface area is 210 Å². The van der Waals surface area contributed by atoms with E-state index in [4.69, 9.17) is 4.74 Å². The van der Waals surface area contributed by atoms with Crippen molar-refractivity contribution in [3.8, 4) is 0 Å². The molecule has 0 spiro atoms. The molecule has 0 aromatic carbocycles. The normalized spacial score (nSPS) is 53.9. The van der Waals surface area contributed by atoms with Gasteiger partial charge in [-0.25, -0.2) is 0 Å². The van der Waals surface area contributed by atoms with Crippen LogP contribution < -0.4 is 0 Å². The topological polar surface area (TPSA) is 26.3 Å². The molecule has 2 heteroatoms. The molecule has 194 valence electrons. The highest BCUT2D eigenvalue weighted by Gasteiger charge is 2.71. The van der Waals surface area contributed by atoms with Crippen LogP contribution in [0.15, 0.2) is 0 Å². The monoisotopic (exact) mass is 470 g/mol. The Balaban J connectivity index is 1.48. The minimum atomic E-state index is -0.100. The molecular formula is C32H54O2. The number of carbonyl (C=O) groups excluding carboxylic acids is 1. The number of hydrogen-bond acceptors (Lipinski definition) is 2. The predicted molar refractivity (Wildman–Crippen MR) is 140 cm³/mol. The van der Waals surface area contributed by atoms with Crippen LogP contribution in [0.1, 0.15) is 127 Å². The van der Waals surface area contributed by atoms with E-state index in [1.165, 1.54) is 57.8 Å². The molecule has 0 aliphatic heterocycles. The lowest BCUT2D eigenvalue weighted by molar-refractivity contribution is -0.253. The van der Waals surface area contributed by atoms with E-state index in [0.717, 1.165) is 36.0 Å². The van der Waals surface area contributed by atoms with E-state index >= 15 is 0 Å². The molecule has 2 nitrogen and oxygen atoms in total. The molecule has 34 heavy (non-hydrogen) atoms. The first-order valence-corrected chi connectivity index (χ1v) is 14.9. The first-order chi connectivity index (χ1) is 15.7. The highest BCUT2D eigenvalue weighted by molar-refractivity contribution is 5.66. The van der Waals surface area contributed by atoms with E-state index in [1.807, 2.05) is 0 Å². The van der Waals surface area contributed by atoms with Crippen LogP contribution in [0.25, 0.3) is 0 Å². The second kappa shape index (κ2) is 7.74. The van der Waals surface area contributed by atoms with Crippen molar-refractivity contribution in [1.82, 2.24) is 0 Å². The average molecular weight is 471 g/mol. The third-order valence-electron chi connectivity index (χ3n) is 14.1. The van der Waals surface area contributed by atoms with Crippen LogP contribution >= 0.6 is 0 Å². The maximum atomic E-state index is 11.9. The Kier molecular flexibility index (Phi) is 5.72. The predicted octanol–water partition coefficient (Wildman–Crippen LogP) is 8.68. The third-order valence-corrected chi connectivity index (χ3v) is 14.1. The van der Waals surface area contributed by atoms with Crippen molar-refractivity contribution in [3.05, 3.63) is 0 Å². The maximum absolute atomic E-state index is 11.9. The van der Waals surface area contributed by atoms with Gasteiger partial charge in [0.1, 0.15) is 6.10 Å². The van der Waals surface area contributed by atoms with E-state index < -0.39 is 0 Å². The van der Waals surface area contributed by atoms with E-state index in [-0.39, 0.29) is 17.5 Å². The fraction of sp³-hybridized carbons (Fsp3) is 0.969. The summed E-state index contributed by atoms with van der Waals surface area (Å²) in [7, 11) is 0. The number of rotatable bonds is 2. The molecule has 10 unspecified atom stereocenters. The molecule has 0 saturated heterocycles. The van der Waals surface area contributed by atoms with Gasteiger partial charge in [-0.3, -0.25) is 4.79 Å². The molecule has 0 aromatic heterocycles. The zero-order chi connectivity index (χ0) is 24.9. The summed E-state index contributed by atoms with van der Waals surface area (Å²) in [5.74, 6) is 5.00. The van der Waals surface area contributed by atoms with Gasteiger partial charge in [-0.2, -0.15) is 0 Å². The van der Waals surface area contributed by atoms with E-state index in [9.17, 15) is 4.79 Å². The van der Waals surface area contributed by atoms with Gasteiger partial charge >= 0.3 is 5.97 Å². The summed E-state index contributed by atoms with van der Waals surface area (Å²) in [5, 5.41) is 0. The van der Waals surface area contributed by atoms with Crippen molar-refractivity contribution in [1.29, 1.82) is 0 Å². The minimum Gasteiger partial charge on any atom is -0.462 e. The maximum Gasteiger partial charge on any atom is 0.302 e. The Morgan fingerprint density at radius 1 is 0.706 bits per heavy atom. The molecule has 0 heterocycles. The zero-order valence-electron chi connectivity index (χ0n) is 23.9. The van der Waals surface area contributed by atoms with Crippen molar-refractivity contribution in [2.24, 2.45) is 62.6 Å². The molecule has 10 atom stereocenters. The van der Waals surface area contributed by atoms with Crippen LogP contribution in [0.4, 0.5) is 0 Å². The van der Waals surface area contributed by atoms with Crippen molar-refractivity contribution >= 4 is 5.97 Å². The highest BCUT2D eigenvalue weighted by atomic mass is 16.5. The number of carbonyl (C=O) groups is 1. The molecule has 5 aliphatic carbocycles. The Morgan fingerprint density at radius 3 is 1.85 bits per heavy atom. The van der Waals surface area contributed by atoms with Gasteiger partial charge in [-0.1, -0.05) is 55.4 Å². The van der Waals surface area contributed by atoms with Crippen molar-refractivity contribution in [2.45, 2.75) is 133 Å². The second-order valence-corrected chi connectivity index (χ2v) is 15.7. The van der Waals surface area contributed by atoms with E-state index in [0.29, 0.717) is 27.6 Å². The minimum absolute atomic E-state index is 0.0668. The standard InChI is InChI=1S/C32H54O2/c1-20(2)22-12-16-29(6)23(22)13-18-31(8)25(29)10-11-26-30(7)17-15-27(34-21(3)33)28(4,5)24(30)14-19-32(26,31)9/h20,22-27H,10-19H2,1-9H3. The van der Waals surface area contributed by atoms with Crippen LogP contribution in [0.3, 0.4) is 0 Å². The van der Waals surface area contributed by atoms with Gasteiger partial charge in [0.25, 0.3) is 0 Å². The quantitative estimate of drug-likeness (QED) is 0.377. The van der Waals surface area contributed by atoms with Crippen LogP contribution in [-0.4, -0.2) is 12.1 Å². The lowest BCUT2D eigenvalue weighted by Gasteiger charge is -2.73. The first-order valence-electron chi connectivity index (χ1n) is 14.9. The first kappa shape index (κ1) is 25.1. The molecule has 0 aromatic rings.